The summed E-state index contributed by atoms with van der Waals surface area (Å²) in [6, 6.07) is 3.47. The Bertz CT molecular complexity index is 396. The molecule has 5 heteroatoms. The summed E-state index contributed by atoms with van der Waals surface area (Å²) in [5, 5.41) is 9.69. The topological polar surface area (TPSA) is 62.7 Å². The minimum atomic E-state index is -0.735. The van der Waals surface area contributed by atoms with Crippen LogP contribution in [-0.4, -0.2) is 47.3 Å². The second-order valence-electron chi connectivity index (χ2n) is 5.01. The molecule has 0 fully saturated rings. The molecular weight excluding hydrogens is 232 g/mol. The first-order valence-corrected chi connectivity index (χ1v) is 5.76. The molecule has 0 aliphatic heterocycles. The van der Waals surface area contributed by atoms with Gasteiger partial charge < -0.3 is 9.84 Å². The third-order valence-corrected chi connectivity index (χ3v) is 2.33. The Morgan fingerprint density at radius 2 is 2.17 bits per heavy atom. The molecule has 0 amide bonds. The van der Waals surface area contributed by atoms with Crippen LogP contribution in [0, 0.1) is 0 Å². The van der Waals surface area contributed by atoms with E-state index in [1.54, 1.807) is 26.0 Å². The summed E-state index contributed by atoms with van der Waals surface area (Å²) >= 11 is 0. The van der Waals surface area contributed by atoms with E-state index in [0.717, 1.165) is 5.69 Å². The SMILES string of the molecule is COC(=O)c1ccc(CN(C)CC(C)(C)O)nc1. The van der Waals surface area contributed by atoms with Crippen molar-refractivity contribution in [1.82, 2.24) is 9.88 Å². The summed E-state index contributed by atoms with van der Waals surface area (Å²) in [4.78, 5) is 17.4. The highest BCUT2D eigenvalue weighted by Crippen LogP contribution is 2.08. The molecule has 0 saturated carbocycles. The maximum Gasteiger partial charge on any atom is 0.339 e. The van der Waals surface area contributed by atoms with Crippen molar-refractivity contribution in [3.8, 4) is 0 Å². The second-order valence-corrected chi connectivity index (χ2v) is 5.01. The predicted molar refractivity (Wildman–Crippen MR) is 68.2 cm³/mol. The largest absolute Gasteiger partial charge is 0.465 e. The zero-order valence-electron chi connectivity index (χ0n) is 11.3. The van der Waals surface area contributed by atoms with Gasteiger partial charge in [0.25, 0.3) is 0 Å². The first-order valence-electron chi connectivity index (χ1n) is 5.76. The molecule has 0 aliphatic carbocycles. The van der Waals surface area contributed by atoms with Crippen LogP contribution >= 0.6 is 0 Å². The molecule has 18 heavy (non-hydrogen) atoms. The van der Waals surface area contributed by atoms with Crippen LogP contribution < -0.4 is 0 Å². The fourth-order valence-electron chi connectivity index (χ4n) is 1.75. The van der Waals surface area contributed by atoms with Crippen molar-refractivity contribution < 1.29 is 14.6 Å². The molecule has 0 aliphatic rings. The average molecular weight is 252 g/mol. The summed E-state index contributed by atoms with van der Waals surface area (Å²) in [5.41, 5.74) is 0.543. The fraction of sp³-hybridized carbons (Fsp3) is 0.538. The number of methoxy groups -OCH3 is 1. The summed E-state index contributed by atoms with van der Waals surface area (Å²) in [5.74, 6) is -0.390. The highest BCUT2D eigenvalue weighted by molar-refractivity contribution is 5.88. The third kappa shape index (κ3) is 4.81. The molecule has 1 rings (SSSR count). The van der Waals surface area contributed by atoms with Crippen LogP contribution in [0.1, 0.15) is 29.9 Å². The Kier molecular flexibility index (Phi) is 4.81. The van der Waals surface area contributed by atoms with Crippen LogP contribution in [0.2, 0.25) is 0 Å². The number of ether oxygens (including phenoxy) is 1. The van der Waals surface area contributed by atoms with E-state index in [2.05, 4.69) is 9.72 Å². The number of aromatic nitrogens is 1. The predicted octanol–water partition coefficient (Wildman–Crippen LogP) is 1.07. The first kappa shape index (κ1) is 14.6. The van der Waals surface area contributed by atoms with Crippen molar-refractivity contribution in [3.05, 3.63) is 29.6 Å². The second kappa shape index (κ2) is 5.93. The number of esters is 1. The van der Waals surface area contributed by atoms with E-state index < -0.39 is 5.60 Å². The van der Waals surface area contributed by atoms with Crippen molar-refractivity contribution in [2.75, 3.05) is 20.7 Å². The zero-order valence-corrected chi connectivity index (χ0v) is 11.3. The quantitative estimate of drug-likeness (QED) is 0.794. The Labute approximate surface area is 107 Å². The molecule has 0 spiro atoms. The van der Waals surface area contributed by atoms with E-state index in [0.29, 0.717) is 18.7 Å². The number of carbonyl (C=O) groups excluding carboxylic acids is 1. The van der Waals surface area contributed by atoms with Crippen LogP contribution in [0.4, 0.5) is 0 Å². The molecule has 0 bridgehead atoms. The Hall–Kier alpha value is -1.46. The lowest BCUT2D eigenvalue weighted by molar-refractivity contribution is 0.0421. The molecule has 5 nitrogen and oxygen atoms in total. The maximum atomic E-state index is 11.2. The van der Waals surface area contributed by atoms with Gasteiger partial charge in [0.1, 0.15) is 0 Å². The van der Waals surface area contributed by atoms with Crippen LogP contribution in [0.3, 0.4) is 0 Å². The van der Waals surface area contributed by atoms with E-state index >= 15 is 0 Å². The Morgan fingerprint density at radius 3 is 2.61 bits per heavy atom. The lowest BCUT2D eigenvalue weighted by Gasteiger charge is -2.25. The monoisotopic (exact) mass is 252 g/mol. The number of rotatable bonds is 5. The number of hydrogen-bond acceptors (Lipinski definition) is 5. The molecular formula is C13H20N2O3. The zero-order chi connectivity index (χ0) is 13.8. The van der Waals surface area contributed by atoms with Gasteiger partial charge in [-0.25, -0.2) is 4.79 Å². The molecule has 0 saturated heterocycles. The standard InChI is InChI=1S/C13H20N2O3/c1-13(2,17)9-15(3)8-11-6-5-10(7-14-11)12(16)18-4/h5-7,17H,8-9H2,1-4H3. The van der Waals surface area contributed by atoms with Crippen molar-refractivity contribution in [2.45, 2.75) is 26.0 Å². The number of hydrogen-bond donors (Lipinski definition) is 1. The van der Waals surface area contributed by atoms with Crippen LogP contribution in [-0.2, 0) is 11.3 Å². The molecule has 0 atom stereocenters. The molecule has 1 heterocycles. The molecule has 100 valence electrons. The van der Waals surface area contributed by atoms with Crippen LogP contribution in [0.25, 0.3) is 0 Å². The van der Waals surface area contributed by atoms with Crippen molar-refractivity contribution in [2.24, 2.45) is 0 Å². The third-order valence-electron chi connectivity index (χ3n) is 2.33. The first-order chi connectivity index (χ1) is 8.31. The number of pyridine rings is 1. The Balaban J connectivity index is 2.61. The minimum absolute atomic E-state index is 0.390. The van der Waals surface area contributed by atoms with Gasteiger partial charge in [-0.15, -0.1) is 0 Å². The Morgan fingerprint density at radius 1 is 1.50 bits per heavy atom. The summed E-state index contributed by atoms with van der Waals surface area (Å²) in [6.07, 6.45) is 1.50. The minimum Gasteiger partial charge on any atom is -0.465 e. The van der Waals surface area contributed by atoms with Gasteiger partial charge in [-0.3, -0.25) is 9.88 Å². The van der Waals surface area contributed by atoms with E-state index in [9.17, 15) is 9.90 Å². The van der Waals surface area contributed by atoms with Gasteiger partial charge in [0.2, 0.25) is 0 Å². The lowest BCUT2D eigenvalue weighted by atomic mass is 10.1. The van der Waals surface area contributed by atoms with E-state index in [-0.39, 0.29) is 5.97 Å². The lowest BCUT2D eigenvalue weighted by Crippen LogP contribution is -2.35. The summed E-state index contributed by atoms with van der Waals surface area (Å²) in [7, 11) is 3.25. The van der Waals surface area contributed by atoms with Crippen molar-refractivity contribution in [3.63, 3.8) is 0 Å². The fourth-order valence-corrected chi connectivity index (χ4v) is 1.75. The van der Waals surface area contributed by atoms with Gasteiger partial charge >= 0.3 is 5.97 Å². The van der Waals surface area contributed by atoms with E-state index in [1.807, 2.05) is 11.9 Å². The molecule has 1 N–H and O–H groups in total. The van der Waals surface area contributed by atoms with Gasteiger partial charge in [0, 0.05) is 19.3 Å². The van der Waals surface area contributed by atoms with Crippen molar-refractivity contribution >= 4 is 5.97 Å². The summed E-state index contributed by atoms with van der Waals surface area (Å²) in [6.45, 7) is 4.69. The normalized spacial score (nSPS) is 11.7. The highest BCUT2D eigenvalue weighted by atomic mass is 16.5. The number of carbonyl (C=O) groups is 1. The number of nitrogens with zero attached hydrogens (tertiary/aromatic N) is 2. The summed E-state index contributed by atoms with van der Waals surface area (Å²) < 4.78 is 4.60. The molecule has 0 unspecified atom stereocenters. The smallest absolute Gasteiger partial charge is 0.339 e. The van der Waals surface area contributed by atoms with E-state index in [1.165, 1.54) is 13.3 Å². The molecule has 1 aromatic heterocycles. The molecule has 1 aromatic rings. The van der Waals surface area contributed by atoms with Crippen LogP contribution in [0.5, 0.6) is 0 Å². The molecule has 0 radical (unpaired) electrons. The van der Waals surface area contributed by atoms with Crippen molar-refractivity contribution in [1.29, 1.82) is 0 Å². The van der Waals surface area contributed by atoms with E-state index in [4.69, 9.17) is 0 Å². The molecule has 0 aromatic carbocycles. The van der Waals surface area contributed by atoms with Gasteiger partial charge in [0.05, 0.1) is 24.0 Å². The number of aliphatic hydroxyl groups is 1. The number of likely N-dealkylation sites (N-methyl/N-ethyl adjacent to an activating group) is 1. The van der Waals surface area contributed by atoms with Gasteiger partial charge in [0.15, 0.2) is 0 Å². The maximum absolute atomic E-state index is 11.2. The highest BCUT2D eigenvalue weighted by Gasteiger charge is 2.16. The average Bonchev–Trinajstić information content (AvgIpc) is 2.26. The van der Waals surface area contributed by atoms with Gasteiger partial charge in [-0.1, -0.05) is 0 Å². The van der Waals surface area contributed by atoms with Crippen LogP contribution in [0.15, 0.2) is 18.3 Å². The van der Waals surface area contributed by atoms with Gasteiger partial charge in [-0.05, 0) is 33.0 Å². The van der Waals surface area contributed by atoms with Gasteiger partial charge in [-0.2, -0.15) is 0 Å².